The molecule has 0 aliphatic carbocycles. The molecule has 2 aliphatic rings. The van der Waals surface area contributed by atoms with Crippen LogP contribution in [0.2, 0.25) is 0 Å². The van der Waals surface area contributed by atoms with Crippen LogP contribution >= 0.6 is 0 Å². The van der Waals surface area contributed by atoms with Crippen LogP contribution in [0.1, 0.15) is 36.2 Å². The van der Waals surface area contributed by atoms with Crippen molar-refractivity contribution in [1.82, 2.24) is 4.90 Å². The van der Waals surface area contributed by atoms with E-state index in [1.807, 2.05) is 24.3 Å². The number of amides is 2. The van der Waals surface area contributed by atoms with Crippen molar-refractivity contribution in [3.63, 3.8) is 0 Å². The monoisotopic (exact) mass is 366 g/mol. The lowest BCUT2D eigenvalue weighted by Crippen LogP contribution is -2.45. The van der Waals surface area contributed by atoms with Gasteiger partial charge in [-0.05, 0) is 36.1 Å². The van der Waals surface area contributed by atoms with E-state index in [0.29, 0.717) is 35.7 Å². The van der Waals surface area contributed by atoms with E-state index in [1.165, 1.54) is 0 Å². The van der Waals surface area contributed by atoms with Crippen molar-refractivity contribution in [2.75, 3.05) is 12.1 Å². The molecular formula is C21H22N2O4. The molecule has 1 atom stereocenters. The number of hydrogen-bond donors (Lipinski definition) is 1. The van der Waals surface area contributed by atoms with E-state index in [9.17, 15) is 9.59 Å². The third-order valence-corrected chi connectivity index (χ3v) is 4.86. The van der Waals surface area contributed by atoms with Gasteiger partial charge < -0.3 is 19.7 Å². The largest absolute Gasteiger partial charge is 0.454 e. The molecule has 0 spiro atoms. The zero-order valence-corrected chi connectivity index (χ0v) is 15.4. The lowest BCUT2D eigenvalue weighted by atomic mass is 10.0. The van der Waals surface area contributed by atoms with E-state index in [2.05, 4.69) is 19.2 Å². The zero-order valence-electron chi connectivity index (χ0n) is 15.4. The normalized spacial score (nSPS) is 15.8. The van der Waals surface area contributed by atoms with Gasteiger partial charge in [-0.1, -0.05) is 32.0 Å². The fourth-order valence-electron chi connectivity index (χ4n) is 3.55. The Morgan fingerprint density at radius 2 is 1.93 bits per heavy atom. The van der Waals surface area contributed by atoms with Gasteiger partial charge in [0.15, 0.2) is 11.5 Å². The van der Waals surface area contributed by atoms with Gasteiger partial charge in [0.2, 0.25) is 12.7 Å². The summed E-state index contributed by atoms with van der Waals surface area (Å²) in [6.45, 7) is 4.74. The summed E-state index contributed by atoms with van der Waals surface area (Å²) in [5, 5.41) is 2.93. The molecule has 2 heterocycles. The van der Waals surface area contributed by atoms with Crippen LogP contribution < -0.4 is 14.8 Å². The van der Waals surface area contributed by atoms with Crippen LogP contribution in [-0.4, -0.2) is 29.5 Å². The van der Waals surface area contributed by atoms with E-state index in [4.69, 9.17) is 9.47 Å². The van der Waals surface area contributed by atoms with Crippen LogP contribution in [0.5, 0.6) is 11.5 Å². The summed E-state index contributed by atoms with van der Waals surface area (Å²) >= 11 is 0. The average molecular weight is 366 g/mol. The maximum Gasteiger partial charge on any atom is 0.255 e. The molecule has 0 unspecified atom stereocenters. The topological polar surface area (TPSA) is 67.9 Å². The molecular weight excluding hydrogens is 344 g/mol. The second-order valence-electron chi connectivity index (χ2n) is 7.29. The minimum atomic E-state index is -0.532. The van der Waals surface area contributed by atoms with E-state index < -0.39 is 6.04 Å². The Kier molecular flexibility index (Phi) is 4.48. The Morgan fingerprint density at radius 1 is 1.15 bits per heavy atom. The number of nitrogens with one attached hydrogen (secondary N) is 1. The molecule has 6 heteroatoms. The third-order valence-electron chi connectivity index (χ3n) is 4.86. The molecule has 1 N–H and O–H groups in total. The number of carbonyl (C=O) groups is 2. The van der Waals surface area contributed by atoms with E-state index in [0.717, 1.165) is 5.56 Å². The van der Waals surface area contributed by atoms with Crippen LogP contribution in [0, 0.1) is 5.92 Å². The van der Waals surface area contributed by atoms with E-state index in [1.54, 1.807) is 23.1 Å². The smallest absolute Gasteiger partial charge is 0.255 e. The van der Waals surface area contributed by atoms with Crippen LogP contribution in [0.3, 0.4) is 0 Å². The van der Waals surface area contributed by atoms with Gasteiger partial charge in [0.1, 0.15) is 6.04 Å². The molecule has 4 rings (SSSR count). The molecule has 2 aromatic carbocycles. The number of carbonyl (C=O) groups excluding carboxylic acids is 2. The summed E-state index contributed by atoms with van der Waals surface area (Å²) in [7, 11) is 0. The standard InChI is InChI=1S/C21H22N2O4/c1-13(2)9-17(23-11-14-5-3-4-6-16(14)21(23)25)20(24)22-15-7-8-18-19(10-15)27-12-26-18/h3-8,10,13,17H,9,11-12H2,1-2H3,(H,22,24)/t17-/m1/s1. The first kappa shape index (κ1) is 17.4. The molecule has 27 heavy (non-hydrogen) atoms. The van der Waals surface area contributed by atoms with Gasteiger partial charge in [0, 0.05) is 23.9 Å². The van der Waals surface area contributed by atoms with E-state index >= 15 is 0 Å². The van der Waals surface area contributed by atoms with Gasteiger partial charge >= 0.3 is 0 Å². The van der Waals surface area contributed by atoms with Crippen LogP contribution in [0.25, 0.3) is 0 Å². The number of fused-ring (bicyclic) bond motifs is 2. The highest BCUT2D eigenvalue weighted by atomic mass is 16.7. The van der Waals surface area contributed by atoms with Crippen molar-refractivity contribution in [3.05, 3.63) is 53.6 Å². The third kappa shape index (κ3) is 3.35. The summed E-state index contributed by atoms with van der Waals surface area (Å²) in [5.41, 5.74) is 2.27. The first-order valence-electron chi connectivity index (χ1n) is 9.12. The summed E-state index contributed by atoms with van der Waals surface area (Å²) in [6, 6.07) is 12.3. The first-order chi connectivity index (χ1) is 13.0. The molecule has 0 saturated heterocycles. The molecule has 0 bridgehead atoms. The zero-order chi connectivity index (χ0) is 19.0. The summed E-state index contributed by atoms with van der Waals surface area (Å²) in [4.78, 5) is 27.6. The maximum atomic E-state index is 13.1. The number of nitrogens with zero attached hydrogens (tertiary/aromatic N) is 1. The summed E-state index contributed by atoms with van der Waals surface area (Å²) < 4.78 is 10.7. The molecule has 2 amide bonds. The molecule has 140 valence electrons. The lowest BCUT2D eigenvalue weighted by Gasteiger charge is -2.28. The molecule has 2 aromatic rings. The Balaban J connectivity index is 1.55. The second-order valence-corrected chi connectivity index (χ2v) is 7.29. The van der Waals surface area contributed by atoms with Crippen molar-refractivity contribution < 1.29 is 19.1 Å². The predicted molar refractivity (Wildman–Crippen MR) is 101 cm³/mol. The summed E-state index contributed by atoms with van der Waals surface area (Å²) in [6.07, 6.45) is 0.593. The predicted octanol–water partition coefficient (Wildman–Crippen LogP) is 3.42. The molecule has 0 saturated carbocycles. The fourth-order valence-corrected chi connectivity index (χ4v) is 3.55. The highest BCUT2D eigenvalue weighted by molar-refractivity contribution is 6.03. The van der Waals surface area contributed by atoms with Crippen LogP contribution in [0.4, 0.5) is 5.69 Å². The first-order valence-corrected chi connectivity index (χ1v) is 9.12. The fraction of sp³-hybridized carbons (Fsp3) is 0.333. The van der Waals surface area contributed by atoms with Crippen molar-refractivity contribution in [2.24, 2.45) is 5.92 Å². The molecule has 0 fully saturated rings. The van der Waals surface area contributed by atoms with Gasteiger partial charge in [-0.25, -0.2) is 0 Å². The Bertz CT molecular complexity index is 894. The number of anilines is 1. The van der Waals surface area contributed by atoms with Crippen molar-refractivity contribution >= 4 is 17.5 Å². The quantitative estimate of drug-likeness (QED) is 0.880. The summed E-state index contributed by atoms with van der Waals surface area (Å²) in [5.74, 6) is 1.27. The minimum absolute atomic E-state index is 0.0860. The number of rotatable bonds is 5. The maximum absolute atomic E-state index is 13.1. The van der Waals surface area contributed by atoms with Gasteiger partial charge in [0.05, 0.1) is 0 Å². The minimum Gasteiger partial charge on any atom is -0.454 e. The van der Waals surface area contributed by atoms with E-state index in [-0.39, 0.29) is 24.5 Å². The van der Waals surface area contributed by atoms with Crippen molar-refractivity contribution in [3.8, 4) is 11.5 Å². The van der Waals surface area contributed by atoms with Crippen LogP contribution in [0.15, 0.2) is 42.5 Å². The SMILES string of the molecule is CC(C)C[C@H](C(=O)Nc1ccc2c(c1)OCO2)N1Cc2ccccc2C1=O. The molecule has 2 aliphatic heterocycles. The highest BCUT2D eigenvalue weighted by Crippen LogP contribution is 2.34. The Hall–Kier alpha value is -3.02. The van der Waals surface area contributed by atoms with Crippen LogP contribution in [-0.2, 0) is 11.3 Å². The number of ether oxygens (including phenoxy) is 2. The Morgan fingerprint density at radius 3 is 2.70 bits per heavy atom. The van der Waals surface area contributed by atoms with Gasteiger partial charge in [-0.15, -0.1) is 0 Å². The molecule has 0 aromatic heterocycles. The lowest BCUT2D eigenvalue weighted by molar-refractivity contribution is -0.121. The van der Waals surface area contributed by atoms with Gasteiger partial charge in [-0.2, -0.15) is 0 Å². The number of hydrogen-bond acceptors (Lipinski definition) is 4. The number of benzene rings is 2. The van der Waals surface area contributed by atoms with Gasteiger partial charge in [0.25, 0.3) is 5.91 Å². The molecule has 6 nitrogen and oxygen atoms in total. The average Bonchev–Trinajstić information content (AvgIpc) is 3.24. The molecule has 0 radical (unpaired) electrons. The Labute approximate surface area is 158 Å². The van der Waals surface area contributed by atoms with Crippen molar-refractivity contribution in [1.29, 1.82) is 0 Å². The second kappa shape index (κ2) is 6.95. The van der Waals surface area contributed by atoms with Crippen molar-refractivity contribution in [2.45, 2.75) is 32.9 Å². The highest BCUT2D eigenvalue weighted by Gasteiger charge is 2.36. The van der Waals surface area contributed by atoms with Gasteiger partial charge in [-0.3, -0.25) is 9.59 Å².